The van der Waals surface area contributed by atoms with Gasteiger partial charge >= 0.3 is 0 Å². The Balaban J connectivity index is 1.68. The molecular formula is C17H22ClNO4S. The van der Waals surface area contributed by atoms with Crippen LogP contribution in [-0.2, 0) is 14.8 Å². The molecule has 1 aliphatic carbocycles. The van der Waals surface area contributed by atoms with E-state index in [1.165, 1.54) is 7.11 Å². The molecule has 1 saturated carbocycles. The summed E-state index contributed by atoms with van der Waals surface area (Å²) in [6.45, 7) is 2.06. The van der Waals surface area contributed by atoms with Crippen molar-refractivity contribution < 1.29 is 17.9 Å². The molecule has 1 unspecified atom stereocenters. The topological polar surface area (TPSA) is 55.8 Å². The van der Waals surface area contributed by atoms with Crippen LogP contribution in [0, 0.1) is 11.3 Å². The summed E-state index contributed by atoms with van der Waals surface area (Å²) in [5.41, 5.74) is 0.103. The molecule has 5 nitrogen and oxygen atoms in total. The summed E-state index contributed by atoms with van der Waals surface area (Å²) in [5, 5.41) is 0.467. The maximum Gasteiger partial charge on any atom is 0.247 e. The van der Waals surface area contributed by atoms with Gasteiger partial charge in [-0.05, 0) is 43.7 Å². The van der Waals surface area contributed by atoms with E-state index >= 15 is 0 Å². The second-order valence-corrected chi connectivity index (χ2v) is 9.40. The summed E-state index contributed by atoms with van der Waals surface area (Å²) in [5.74, 6) is 0.801. The highest BCUT2D eigenvalue weighted by molar-refractivity contribution is 7.89. The molecule has 24 heavy (non-hydrogen) atoms. The van der Waals surface area contributed by atoms with Gasteiger partial charge in [0.2, 0.25) is 10.0 Å². The molecule has 132 valence electrons. The SMILES string of the molecule is COc1cc(Cl)ccc1S(=O)(=O)N1CC2(CCOCC2)C1C1CC1. The Labute approximate surface area is 147 Å². The molecule has 1 spiro atoms. The molecule has 3 aliphatic rings. The predicted molar refractivity (Wildman–Crippen MR) is 90.9 cm³/mol. The summed E-state index contributed by atoms with van der Waals surface area (Å²) in [6.07, 6.45) is 4.16. The number of methoxy groups -OCH3 is 1. The zero-order chi connectivity index (χ0) is 16.9. The third-order valence-electron chi connectivity index (χ3n) is 5.68. The van der Waals surface area contributed by atoms with Crippen molar-refractivity contribution in [2.24, 2.45) is 11.3 Å². The number of hydrogen-bond donors (Lipinski definition) is 0. The molecule has 1 atom stereocenters. The van der Waals surface area contributed by atoms with Crippen molar-refractivity contribution in [2.45, 2.75) is 36.6 Å². The van der Waals surface area contributed by atoms with E-state index in [-0.39, 0.29) is 16.4 Å². The molecule has 0 aromatic heterocycles. The first kappa shape index (κ1) is 16.6. The van der Waals surface area contributed by atoms with E-state index < -0.39 is 10.0 Å². The number of sulfonamides is 1. The monoisotopic (exact) mass is 371 g/mol. The maximum atomic E-state index is 13.2. The average Bonchev–Trinajstić information content (AvgIpc) is 3.37. The first-order valence-electron chi connectivity index (χ1n) is 8.41. The van der Waals surface area contributed by atoms with Gasteiger partial charge in [0.05, 0.1) is 7.11 Å². The van der Waals surface area contributed by atoms with Gasteiger partial charge in [-0.1, -0.05) is 11.6 Å². The van der Waals surface area contributed by atoms with E-state index in [1.54, 1.807) is 22.5 Å². The Morgan fingerprint density at radius 3 is 2.62 bits per heavy atom. The van der Waals surface area contributed by atoms with Gasteiger partial charge in [-0.3, -0.25) is 0 Å². The van der Waals surface area contributed by atoms with Gasteiger partial charge in [-0.2, -0.15) is 4.31 Å². The molecular weight excluding hydrogens is 350 g/mol. The van der Waals surface area contributed by atoms with Crippen LogP contribution in [0.1, 0.15) is 25.7 Å². The Hall–Kier alpha value is -0.820. The quantitative estimate of drug-likeness (QED) is 0.816. The average molecular weight is 372 g/mol. The van der Waals surface area contributed by atoms with Crippen molar-refractivity contribution in [2.75, 3.05) is 26.9 Å². The highest BCUT2D eigenvalue weighted by Crippen LogP contribution is 2.56. The lowest BCUT2D eigenvalue weighted by molar-refractivity contribution is -0.101. The van der Waals surface area contributed by atoms with Crippen LogP contribution in [-0.4, -0.2) is 45.6 Å². The fourth-order valence-corrected chi connectivity index (χ4v) is 6.46. The van der Waals surface area contributed by atoms with Gasteiger partial charge in [0.15, 0.2) is 0 Å². The molecule has 1 aromatic rings. The molecule has 2 saturated heterocycles. The van der Waals surface area contributed by atoms with E-state index in [1.807, 2.05) is 0 Å². The van der Waals surface area contributed by atoms with Crippen molar-refractivity contribution >= 4 is 21.6 Å². The van der Waals surface area contributed by atoms with Crippen LogP contribution < -0.4 is 4.74 Å². The van der Waals surface area contributed by atoms with Crippen LogP contribution >= 0.6 is 11.6 Å². The largest absolute Gasteiger partial charge is 0.495 e. The molecule has 7 heteroatoms. The minimum Gasteiger partial charge on any atom is -0.495 e. The van der Waals surface area contributed by atoms with Gasteiger partial charge in [0, 0.05) is 42.3 Å². The maximum absolute atomic E-state index is 13.2. The fraction of sp³-hybridized carbons (Fsp3) is 0.647. The van der Waals surface area contributed by atoms with Crippen molar-refractivity contribution in [3.8, 4) is 5.75 Å². The minimum atomic E-state index is -3.58. The third-order valence-corrected chi connectivity index (χ3v) is 7.78. The van der Waals surface area contributed by atoms with Crippen molar-refractivity contribution in [1.29, 1.82) is 0 Å². The first-order chi connectivity index (χ1) is 11.5. The molecule has 2 aliphatic heterocycles. The smallest absolute Gasteiger partial charge is 0.247 e. The molecule has 0 bridgehead atoms. The van der Waals surface area contributed by atoms with Crippen LogP contribution in [0.2, 0.25) is 5.02 Å². The lowest BCUT2D eigenvalue weighted by atomic mass is 9.66. The van der Waals surface area contributed by atoms with Gasteiger partial charge in [-0.25, -0.2) is 8.42 Å². The van der Waals surface area contributed by atoms with Crippen LogP contribution in [0.25, 0.3) is 0 Å². The van der Waals surface area contributed by atoms with Crippen LogP contribution in [0.15, 0.2) is 23.1 Å². The summed E-state index contributed by atoms with van der Waals surface area (Å²) >= 11 is 5.98. The van der Waals surface area contributed by atoms with E-state index in [4.69, 9.17) is 21.1 Å². The number of rotatable bonds is 4. The molecule has 0 N–H and O–H groups in total. The Morgan fingerprint density at radius 1 is 1.29 bits per heavy atom. The molecule has 3 fully saturated rings. The Kier molecular flexibility index (Phi) is 4.07. The second-order valence-electron chi connectivity index (χ2n) is 7.10. The van der Waals surface area contributed by atoms with Gasteiger partial charge in [0.25, 0.3) is 0 Å². The third kappa shape index (κ3) is 2.55. The minimum absolute atomic E-state index is 0.103. The summed E-state index contributed by atoms with van der Waals surface area (Å²) in [7, 11) is -2.11. The zero-order valence-corrected chi connectivity index (χ0v) is 15.3. The lowest BCUT2D eigenvalue weighted by Gasteiger charge is -2.58. The molecule has 0 radical (unpaired) electrons. The number of ether oxygens (including phenoxy) is 2. The van der Waals surface area contributed by atoms with Crippen molar-refractivity contribution in [3.05, 3.63) is 23.2 Å². The Morgan fingerprint density at radius 2 is 2.00 bits per heavy atom. The predicted octanol–water partition coefficient (Wildman–Crippen LogP) is 2.93. The number of benzene rings is 1. The Bertz CT molecular complexity index is 741. The lowest BCUT2D eigenvalue weighted by Crippen LogP contribution is -2.68. The number of hydrogen-bond acceptors (Lipinski definition) is 4. The van der Waals surface area contributed by atoms with Crippen LogP contribution in [0.3, 0.4) is 0 Å². The fourth-order valence-electron chi connectivity index (χ4n) is 4.29. The first-order valence-corrected chi connectivity index (χ1v) is 10.2. The molecule has 4 rings (SSSR count). The number of nitrogens with zero attached hydrogens (tertiary/aromatic N) is 1. The van der Waals surface area contributed by atoms with E-state index in [0.29, 0.717) is 23.2 Å². The zero-order valence-electron chi connectivity index (χ0n) is 13.7. The van der Waals surface area contributed by atoms with E-state index in [0.717, 1.165) is 38.9 Å². The van der Waals surface area contributed by atoms with Gasteiger partial charge in [-0.15, -0.1) is 0 Å². The normalized spacial score (nSPS) is 27.0. The second kappa shape index (κ2) is 5.87. The summed E-state index contributed by atoms with van der Waals surface area (Å²) in [6, 6.07) is 4.82. The van der Waals surface area contributed by atoms with Gasteiger partial charge < -0.3 is 9.47 Å². The van der Waals surface area contributed by atoms with Crippen LogP contribution in [0.5, 0.6) is 5.75 Å². The molecule has 2 heterocycles. The van der Waals surface area contributed by atoms with E-state index in [2.05, 4.69) is 0 Å². The van der Waals surface area contributed by atoms with Gasteiger partial charge in [0.1, 0.15) is 10.6 Å². The molecule has 1 aromatic carbocycles. The molecule has 0 amide bonds. The van der Waals surface area contributed by atoms with Crippen LogP contribution in [0.4, 0.5) is 0 Å². The standard InChI is InChI=1S/C17H22ClNO4S/c1-22-14-10-13(18)4-5-15(14)24(20,21)19-11-17(6-8-23-9-7-17)16(19)12-2-3-12/h4-5,10,12,16H,2-3,6-9,11H2,1H3. The number of halogens is 1. The highest BCUT2D eigenvalue weighted by atomic mass is 35.5. The van der Waals surface area contributed by atoms with Crippen molar-refractivity contribution in [3.63, 3.8) is 0 Å². The van der Waals surface area contributed by atoms with Crippen molar-refractivity contribution in [1.82, 2.24) is 4.31 Å². The summed E-state index contributed by atoms with van der Waals surface area (Å²) in [4.78, 5) is 0.210. The summed E-state index contributed by atoms with van der Waals surface area (Å²) < 4.78 is 39.0. The van der Waals surface area contributed by atoms with E-state index in [9.17, 15) is 8.42 Å². The highest BCUT2D eigenvalue weighted by Gasteiger charge is 2.61.